The highest BCUT2D eigenvalue weighted by Crippen LogP contribution is 2.29. The molecule has 4 aromatic rings. The van der Waals surface area contributed by atoms with Crippen molar-refractivity contribution < 1.29 is 4.79 Å². The van der Waals surface area contributed by atoms with E-state index in [4.69, 9.17) is 4.98 Å². The van der Waals surface area contributed by atoms with Crippen molar-refractivity contribution in [3.05, 3.63) is 89.5 Å². The first-order valence-corrected chi connectivity index (χ1v) is 9.22. The summed E-state index contributed by atoms with van der Waals surface area (Å²) in [6, 6.07) is 16.1. The normalized spacial score (nSPS) is 13.0. The molecule has 0 unspecified atom stereocenters. The van der Waals surface area contributed by atoms with Gasteiger partial charge in [-0.05, 0) is 36.2 Å². The van der Waals surface area contributed by atoms with Gasteiger partial charge in [0, 0.05) is 36.4 Å². The van der Waals surface area contributed by atoms with Crippen LogP contribution in [0.1, 0.15) is 27.0 Å². The Hall–Kier alpha value is -3.60. The molecule has 1 aliphatic rings. The minimum Gasteiger partial charge on any atom is -0.330 e. The average molecular weight is 366 g/mol. The fourth-order valence-electron chi connectivity index (χ4n) is 3.74. The number of benzene rings is 2. The lowest BCUT2D eigenvalue weighted by Crippen LogP contribution is -2.25. The Kier molecular flexibility index (Phi) is 3.86. The largest absolute Gasteiger partial charge is 0.330 e. The van der Waals surface area contributed by atoms with Gasteiger partial charge in [-0.25, -0.2) is 15.0 Å². The molecule has 5 heteroatoms. The van der Waals surface area contributed by atoms with E-state index in [1.54, 1.807) is 12.4 Å². The van der Waals surface area contributed by atoms with Crippen molar-refractivity contribution in [2.24, 2.45) is 0 Å². The molecule has 0 N–H and O–H groups in total. The molecule has 0 radical (unpaired) electrons. The summed E-state index contributed by atoms with van der Waals surface area (Å²) in [5.41, 5.74) is 6.49. The zero-order chi connectivity index (χ0) is 19.1. The second kappa shape index (κ2) is 6.53. The number of rotatable bonds is 2. The molecule has 0 bridgehead atoms. The summed E-state index contributed by atoms with van der Waals surface area (Å²) in [4.78, 5) is 28.3. The van der Waals surface area contributed by atoms with E-state index in [0.717, 1.165) is 22.0 Å². The van der Waals surface area contributed by atoms with Crippen molar-refractivity contribution in [2.45, 2.75) is 20.0 Å². The summed E-state index contributed by atoms with van der Waals surface area (Å²) in [6.07, 6.45) is 4.92. The second-order valence-electron chi connectivity index (χ2n) is 7.13. The first-order chi connectivity index (χ1) is 13.7. The summed E-state index contributed by atoms with van der Waals surface area (Å²) in [5.74, 6) is 0.0206. The van der Waals surface area contributed by atoms with Crippen LogP contribution in [0.15, 0.2) is 67.3 Å². The van der Waals surface area contributed by atoms with E-state index < -0.39 is 0 Å². The zero-order valence-corrected chi connectivity index (χ0v) is 15.5. The Morgan fingerprint density at radius 1 is 0.964 bits per heavy atom. The monoisotopic (exact) mass is 366 g/mol. The van der Waals surface area contributed by atoms with Gasteiger partial charge in [0.2, 0.25) is 0 Å². The molecule has 2 aromatic heterocycles. The maximum Gasteiger partial charge on any atom is 0.255 e. The number of amides is 1. The lowest BCUT2D eigenvalue weighted by Gasteiger charge is -2.18. The van der Waals surface area contributed by atoms with Crippen molar-refractivity contribution >= 4 is 16.8 Å². The number of nitrogens with zero attached hydrogens (tertiary/aromatic N) is 4. The van der Waals surface area contributed by atoms with Crippen LogP contribution in [-0.2, 0) is 13.1 Å². The molecule has 1 amide bonds. The van der Waals surface area contributed by atoms with Gasteiger partial charge in [-0.1, -0.05) is 35.9 Å². The zero-order valence-electron chi connectivity index (χ0n) is 15.5. The van der Waals surface area contributed by atoms with Crippen molar-refractivity contribution in [2.75, 3.05) is 0 Å². The van der Waals surface area contributed by atoms with E-state index >= 15 is 0 Å². The van der Waals surface area contributed by atoms with E-state index in [1.807, 2.05) is 48.2 Å². The number of carbonyl (C=O) groups is 1. The summed E-state index contributed by atoms with van der Waals surface area (Å²) >= 11 is 0. The van der Waals surface area contributed by atoms with E-state index in [1.165, 1.54) is 17.5 Å². The highest BCUT2D eigenvalue weighted by Gasteiger charge is 2.26. The van der Waals surface area contributed by atoms with Crippen molar-refractivity contribution in [1.82, 2.24) is 19.9 Å². The third-order valence-corrected chi connectivity index (χ3v) is 5.18. The molecule has 5 rings (SSSR count). The van der Waals surface area contributed by atoms with Crippen LogP contribution >= 0.6 is 0 Å². The maximum absolute atomic E-state index is 13.5. The molecular formula is C23H18N4O. The van der Waals surface area contributed by atoms with E-state index in [2.05, 4.69) is 22.1 Å². The SMILES string of the molecule is Cc1ccc2nc(-c3cncnc3)cc(C(=O)N3Cc4ccccc4C3)c2c1. The van der Waals surface area contributed by atoms with Gasteiger partial charge in [-0.15, -0.1) is 0 Å². The highest BCUT2D eigenvalue weighted by molar-refractivity contribution is 6.07. The highest BCUT2D eigenvalue weighted by atomic mass is 16.2. The number of hydrogen-bond donors (Lipinski definition) is 0. The Bertz CT molecular complexity index is 1180. The fraction of sp³-hybridized carbons (Fsp3) is 0.130. The molecule has 28 heavy (non-hydrogen) atoms. The van der Waals surface area contributed by atoms with Crippen molar-refractivity contribution in [3.8, 4) is 11.3 Å². The molecule has 1 aliphatic heterocycles. The molecule has 2 aromatic carbocycles. The van der Waals surface area contributed by atoms with Crippen molar-refractivity contribution in [3.63, 3.8) is 0 Å². The Morgan fingerprint density at radius 2 is 1.68 bits per heavy atom. The van der Waals surface area contributed by atoms with Gasteiger partial charge in [0.25, 0.3) is 5.91 Å². The number of fused-ring (bicyclic) bond motifs is 2. The minimum atomic E-state index is 0.0206. The lowest BCUT2D eigenvalue weighted by atomic mass is 10.0. The second-order valence-corrected chi connectivity index (χ2v) is 7.13. The number of carbonyl (C=O) groups excluding carboxylic acids is 1. The van der Waals surface area contributed by atoms with Gasteiger partial charge in [0.15, 0.2) is 0 Å². The van der Waals surface area contributed by atoms with Gasteiger partial charge in [-0.3, -0.25) is 4.79 Å². The molecule has 0 aliphatic carbocycles. The Labute approximate surface area is 162 Å². The van der Waals surface area contributed by atoms with Gasteiger partial charge >= 0.3 is 0 Å². The first-order valence-electron chi connectivity index (χ1n) is 9.22. The van der Waals surface area contributed by atoms with Crippen molar-refractivity contribution in [1.29, 1.82) is 0 Å². The Balaban J connectivity index is 1.63. The topological polar surface area (TPSA) is 59.0 Å². The molecule has 5 nitrogen and oxygen atoms in total. The van der Waals surface area contributed by atoms with Crippen LogP contribution in [0.5, 0.6) is 0 Å². The molecule has 0 saturated heterocycles. The van der Waals surface area contributed by atoms with Crippen LogP contribution in [0, 0.1) is 6.92 Å². The van der Waals surface area contributed by atoms with Gasteiger partial charge in [-0.2, -0.15) is 0 Å². The van der Waals surface area contributed by atoms with E-state index in [0.29, 0.717) is 24.3 Å². The third-order valence-electron chi connectivity index (χ3n) is 5.18. The average Bonchev–Trinajstić information content (AvgIpc) is 3.17. The predicted molar refractivity (Wildman–Crippen MR) is 108 cm³/mol. The van der Waals surface area contributed by atoms with E-state index in [9.17, 15) is 4.79 Å². The Morgan fingerprint density at radius 3 is 2.39 bits per heavy atom. The van der Waals surface area contributed by atoms with Gasteiger partial charge < -0.3 is 4.90 Å². The van der Waals surface area contributed by atoms with Crippen LogP contribution in [0.2, 0.25) is 0 Å². The number of pyridine rings is 1. The standard InChI is InChI=1S/C23H18N4O/c1-15-6-7-21-19(8-15)20(9-22(26-21)18-10-24-14-25-11-18)23(28)27-12-16-4-2-3-5-17(16)13-27/h2-11,14H,12-13H2,1H3. The fourth-order valence-corrected chi connectivity index (χ4v) is 3.74. The van der Waals surface area contributed by atoms with Crippen LogP contribution in [0.25, 0.3) is 22.2 Å². The summed E-state index contributed by atoms with van der Waals surface area (Å²) < 4.78 is 0. The number of aryl methyl sites for hydroxylation is 1. The number of hydrogen-bond acceptors (Lipinski definition) is 4. The third kappa shape index (κ3) is 2.81. The molecule has 0 atom stereocenters. The lowest BCUT2D eigenvalue weighted by molar-refractivity contribution is 0.0753. The van der Waals surface area contributed by atoms with Gasteiger partial charge in [0.1, 0.15) is 6.33 Å². The van der Waals surface area contributed by atoms with E-state index in [-0.39, 0.29) is 5.91 Å². The van der Waals surface area contributed by atoms with Gasteiger partial charge in [0.05, 0.1) is 16.8 Å². The van der Waals surface area contributed by atoms with Crippen LogP contribution in [0.3, 0.4) is 0 Å². The van der Waals surface area contributed by atoms with Crippen LogP contribution < -0.4 is 0 Å². The summed E-state index contributed by atoms with van der Waals surface area (Å²) in [5, 5.41) is 0.876. The molecule has 0 saturated carbocycles. The summed E-state index contributed by atoms with van der Waals surface area (Å²) in [6.45, 7) is 3.29. The maximum atomic E-state index is 13.5. The molecule has 136 valence electrons. The quantitative estimate of drug-likeness (QED) is 0.535. The summed E-state index contributed by atoms with van der Waals surface area (Å²) in [7, 11) is 0. The smallest absolute Gasteiger partial charge is 0.255 e. The predicted octanol–water partition coefficient (Wildman–Crippen LogP) is 4.16. The number of aromatic nitrogens is 3. The molecule has 0 fully saturated rings. The van der Waals surface area contributed by atoms with Crippen LogP contribution in [0.4, 0.5) is 0 Å². The van der Waals surface area contributed by atoms with Crippen LogP contribution in [-0.4, -0.2) is 25.8 Å². The minimum absolute atomic E-state index is 0.0206. The molecular weight excluding hydrogens is 348 g/mol. The first kappa shape index (κ1) is 16.6. The molecule has 0 spiro atoms. The molecule has 3 heterocycles.